The van der Waals surface area contributed by atoms with Gasteiger partial charge in [0.2, 0.25) is 0 Å². The molecule has 2 aromatic rings. The van der Waals surface area contributed by atoms with Crippen molar-refractivity contribution < 1.29 is 9.53 Å². The summed E-state index contributed by atoms with van der Waals surface area (Å²) in [5, 5.41) is 2.93. The summed E-state index contributed by atoms with van der Waals surface area (Å²) in [6.07, 6.45) is 4.23. The van der Waals surface area contributed by atoms with Crippen LogP contribution in [0.15, 0.2) is 42.5 Å². The van der Waals surface area contributed by atoms with Gasteiger partial charge >= 0.3 is 0 Å². The number of nitrogens with one attached hydrogen (secondary N) is 1. The summed E-state index contributed by atoms with van der Waals surface area (Å²) in [5.41, 5.74) is 4.65. The summed E-state index contributed by atoms with van der Waals surface area (Å²) >= 11 is 0. The lowest BCUT2D eigenvalue weighted by molar-refractivity contribution is -0.122. The van der Waals surface area contributed by atoms with E-state index in [0.717, 1.165) is 29.8 Å². The Morgan fingerprint density at radius 1 is 1.09 bits per heavy atom. The number of benzene rings is 2. The molecule has 3 heteroatoms. The normalized spacial score (nSPS) is 14.7. The molecule has 0 fully saturated rings. The maximum atomic E-state index is 12.3. The zero-order valence-electron chi connectivity index (χ0n) is 13.8. The van der Waals surface area contributed by atoms with Crippen LogP contribution >= 0.6 is 0 Å². The lowest BCUT2D eigenvalue weighted by Crippen LogP contribution is -2.30. The maximum Gasteiger partial charge on any atom is 0.265 e. The molecule has 0 unspecified atom stereocenters. The van der Waals surface area contributed by atoms with Crippen molar-refractivity contribution in [3.63, 3.8) is 0 Å². The number of amides is 1. The lowest BCUT2D eigenvalue weighted by atomic mass is 9.92. The zero-order valence-corrected chi connectivity index (χ0v) is 13.8. The van der Waals surface area contributed by atoms with Crippen LogP contribution in [0.2, 0.25) is 0 Å². The number of carbonyl (C=O) groups excluding carboxylic acids is 1. The molecule has 0 bridgehead atoms. The van der Waals surface area contributed by atoms with E-state index in [1.807, 2.05) is 37.3 Å². The minimum absolute atomic E-state index is 0.128. The standard InChI is InChI=1S/C20H23NO2/c1-14-7-3-6-10-19(14)21-20(22)15(2)23-18-12-11-16-8-4-5-9-17(16)13-18/h3,6-7,10-13,15H,4-5,8-9H2,1-2H3,(H,21,22)/t15-/m0/s1. The molecule has 1 aliphatic rings. The lowest BCUT2D eigenvalue weighted by Gasteiger charge is -2.19. The summed E-state index contributed by atoms with van der Waals surface area (Å²) in [5.74, 6) is 0.648. The maximum absolute atomic E-state index is 12.3. The van der Waals surface area contributed by atoms with E-state index in [4.69, 9.17) is 4.74 Å². The van der Waals surface area contributed by atoms with E-state index >= 15 is 0 Å². The van der Waals surface area contributed by atoms with Crippen LogP contribution in [0.25, 0.3) is 0 Å². The van der Waals surface area contributed by atoms with Crippen molar-refractivity contribution in [3.8, 4) is 5.75 Å². The van der Waals surface area contributed by atoms with Gasteiger partial charge in [0, 0.05) is 5.69 Å². The fourth-order valence-corrected chi connectivity index (χ4v) is 2.99. The van der Waals surface area contributed by atoms with Gasteiger partial charge in [-0.25, -0.2) is 0 Å². The summed E-state index contributed by atoms with van der Waals surface area (Å²) < 4.78 is 5.84. The molecule has 1 amide bonds. The van der Waals surface area contributed by atoms with Crippen LogP contribution < -0.4 is 10.1 Å². The van der Waals surface area contributed by atoms with Crippen molar-refractivity contribution in [2.24, 2.45) is 0 Å². The number of hydrogen-bond acceptors (Lipinski definition) is 2. The quantitative estimate of drug-likeness (QED) is 0.915. The molecule has 1 N–H and O–H groups in total. The molecule has 0 saturated carbocycles. The highest BCUT2D eigenvalue weighted by Crippen LogP contribution is 2.26. The predicted molar refractivity (Wildman–Crippen MR) is 93.0 cm³/mol. The number of rotatable bonds is 4. The molecule has 2 aromatic carbocycles. The number of ether oxygens (including phenoxy) is 1. The Labute approximate surface area is 137 Å². The van der Waals surface area contributed by atoms with Gasteiger partial charge in [0.1, 0.15) is 5.75 Å². The largest absolute Gasteiger partial charge is 0.481 e. The topological polar surface area (TPSA) is 38.3 Å². The van der Waals surface area contributed by atoms with Gasteiger partial charge in [0.05, 0.1) is 0 Å². The molecule has 0 aromatic heterocycles. The molecule has 0 heterocycles. The molecule has 120 valence electrons. The van der Waals surface area contributed by atoms with Gasteiger partial charge < -0.3 is 10.1 Å². The van der Waals surface area contributed by atoms with Crippen molar-refractivity contribution in [1.82, 2.24) is 0 Å². The summed E-state index contributed by atoms with van der Waals surface area (Å²) in [6.45, 7) is 3.76. The Morgan fingerprint density at radius 3 is 2.61 bits per heavy atom. The average molecular weight is 309 g/mol. The number of fused-ring (bicyclic) bond motifs is 1. The van der Waals surface area contributed by atoms with Crippen molar-refractivity contribution in [2.75, 3.05) is 5.32 Å². The number of aryl methyl sites for hydroxylation is 3. The van der Waals surface area contributed by atoms with E-state index in [0.29, 0.717) is 0 Å². The molecular weight excluding hydrogens is 286 g/mol. The molecule has 0 spiro atoms. The van der Waals surface area contributed by atoms with Gasteiger partial charge in [-0.15, -0.1) is 0 Å². The first kappa shape index (κ1) is 15.6. The van der Waals surface area contributed by atoms with Gasteiger partial charge in [0.25, 0.3) is 5.91 Å². The van der Waals surface area contributed by atoms with E-state index in [2.05, 4.69) is 17.4 Å². The molecule has 3 rings (SSSR count). The molecule has 0 aliphatic heterocycles. The van der Waals surface area contributed by atoms with Gasteiger partial charge in [-0.2, -0.15) is 0 Å². The highest BCUT2D eigenvalue weighted by Gasteiger charge is 2.17. The number of para-hydroxylation sites is 1. The molecule has 0 saturated heterocycles. The second-order valence-electron chi connectivity index (χ2n) is 6.20. The Hall–Kier alpha value is -2.29. The van der Waals surface area contributed by atoms with E-state index in [1.54, 1.807) is 6.92 Å². The SMILES string of the molecule is Cc1ccccc1NC(=O)[C@H](C)Oc1ccc2c(c1)CCCC2. The van der Waals surface area contributed by atoms with Crippen molar-refractivity contribution >= 4 is 11.6 Å². The highest BCUT2D eigenvalue weighted by molar-refractivity contribution is 5.94. The smallest absolute Gasteiger partial charge is 0.265 e. The first-order chi connectivity index (χ1) is 11.1. The average Bonchev–Trinajstić information content (AvgIpc) is 2.56. The van der Waals surface area contributed by atoms with Crippen LogP contribution in [0.5, 0.6) is 5.75 Å². The first-order valence-corrected chi connectivity index (χ1v) is 8.28. The van der Waals surface area contributed by atoms with E-state index in [1.165, 1.54) is 24.0 Å². The predicted octanol–water partition coefficient (Wildman–Crippen LogP) is 4.28. The van der Waals surface area contributed by atoms with Crippen LogP contribution in [0.1, 0.15) is 36.5 Å². The second kappa shape index (κ2) is 6.86. The Kier molecular flexibility index (Phi) is 4.65. The number of anilines is 1. The van der Waals surface area contributed by atoms with Crippen LogP contribution in [-0.4, -0.2) is 12.0 Å². The minimum atomic E-state index is -0.531. The van der Waals surface area contributed by atoms with E-state index in [9.17, 15) is 4.79 Å². The van der Waals surface area contributed by atoms with Crippen LogP contribution in [0, 0.1) is 6.92 Å². The van der Waals surface area contributed by atoms with Gasteiger partial charge in [-0.05, 0) is 74.4 Å². The van der Waals surface area contributed by atoms with Crippen molar-refractivity contribution in [2.45, 2.75) is 45.6 Å². The second-order valence-corrected chi connectivity index (χ2v) is 6.20. The Balaban J connectivity index is 1.65. The first-order valence-electron chi connectivity index (χ1n) is 8.28. The minimum Gasteiger partial charge on any atom is -0.481 e. The molecular formula is C20H23NO2. The zero-order chi connectivity index (χ0) is 16.2. The van der Waals surface area contributed by atoms with E-state index in [-0.39, 0.29) is 5.91 Å². The Morgan fingerprint density at radius 2 is 1.83 bits per heavy atom. The highest BCUT2D eigenvalue weighted by atomic mass is 16.5. The molecule has 3 nitrogen and oxygen atoms in total. The Bertz CT molecular complexity index is 709. The van der Waals surface area contributed by atoms with Gasteiger partial charge in [0.15, 0.2) is 6.10 Å². The third kappa shape index (κ3) is 3.73. The molecule has 1 atom stereocenters. The van der Waals surface area contributed by atoms with Crippen molar-refractivity contribution in [1.29, 1.82) is 0 Å². The molecule has 23 heavy (non-hydrogen) atoms. The number of carbonyl (C=O) groups is 1. The fraction of sp³-hybridized carbons (Fsp3) is 0.350. The van der Waals surface area contributed by atoms with Crippen LogP contribution in [0.4, 0.5) is 5.69 Å². The molecule has 0 radical (unpaired) electrons. The van der Waals surface area contributed by atoms with Crippen LogP contribution in [-0.2, 0) is 17.6 Å². The summed E-state index contributed by atoms with van der Waals surface area (Å²) in [7, 11) is 0. The fourth-order valence-electron chi connectivity index (χ4n) is 2.99. The summed E-state index contributed by atoms with van der Waals surface area (Å²) in [4.78, 5) is 12.3. The van der Waals surface area contributed by atoms with Crippen molar-refractivity contribution in [3.05, 3.63) is 59.2 Å². The number of hydrogen-bond donors (Lipinski definition) is 1. The monoisotopic (exact) mass is 309 g/mol. The van der Waals surface area contributed by atoms with Gasteiger partial charge in [-0.1, -0.05) is 24.3 Å². The summed E-state index contributed by atoms with van der Waals surface area (Å²) in [6, 6.07) is 13.9. The third-order valence-corrected chi connectivity index (χ3v) is 4.40. The van der Waals surface area contributed by atoms with E-state index < -0.39 is 6.10 Å². The van der Waals surface area contributed by atoms with Crippen LogP contribution in [0.3, 0.4) is 0 Å². The van der Waals surface area contributed by atoms with Gasteiger partial charge in [-0.3, -0.25) is 4.79 Å². The molecule has 1 aliphatic carbocycles. The third-order valence-electron chi connectivity index (χ3n) is 4.40.